The minimum absolute atomic E-state index is 0.0406. The zero-order valence-electron chi connectivity index (χ0n) is 23.0. The van der Waals surface area contributed by atoms with Crippen molar-refractivity contribution in [3.63, 3.8) is 0 Å². The van der Waals surface area contributed by atoms with Gasteiger partial charge in [0.1, 0.15) is 17.6 Å². The van der Waals surface area contributed by atoms with Crippen molar-refractivity contribution in [2.24, 2.45) is 0 Å². The van der Waals surface area contributed by atoms with E-state index in [0.717, 1.165) is 37.3 Å². The summed E-state index contributed by atoms with van der Waals surface area (Å²) in [6.07, 6.45) is 4.48. The van der Waals surface area contributed by atoms with E-state index in [0.29, 0.717) is 38.0 Å². The Morgan fingerprint density at radius 1 is 1.09 bits per heavy atom. The van der Waals surface area contributed by atoms with E-state index in [1.807, 2.05) is 35.1 Å². The molecule has 0 aliphatic carbocycles. The van der Waals surface area contributed by atoms with E-state index in [-0.39, 0.29) is 16.6 Å². The summed E-state index contributed by atoms with van der Waals surface area (Å²) in [6, 6.07) is 17.3. The number of likely N-dealkylation sites (N-methyl/N-ethyl adjacent to an activating group) is 1. The third kappa shape index (κ3) is 6.10. The molecule has 0 amide bonds. The predicted molar refractivity (Wildman–Crippen MR) is 169 cm³/mol. The van der Waals surface area contributed by atoms with E-state index < -0.39 is 11.9 Å². The molecule has 0 radical (unpaired) electrons. The van der Waals surface area contributed by atoms with Crippen molar-refractivity contribution in [1.29, 1.82) is 5.26 Å². The fourth-order valence-corrected chi connectivity index (χ4v) is 5.90. The van der Waals surface area contributed by atoms with Crippen LogP contribution in [0.5, 0.6) is 0 Å². The van der Waals surface area contributed by atoms with Crippen LogP contribution >= 0.6 is 34.8 Å². The van der Waals surface area contributed by atoms with E-state index in [9.17, 15) is 9.65 Å². The first-order chi connectivity index (χ1) is 20.8. The highest BCUT2D eigenvalue weighted by atomic mass is 35.5. The SMILES string of the molecule is CCN1CC[C@@H](n2cc(C(Nc3cc(Cl)cc4c(Nc5ccc(F)c(Cl)c5)c(C#N)cnc34)c3ccc(Cl)cc3)nn2)C1. The van der Waals surface area contributed by atoms with Gasteiger partial charge in [0, 0.05) is 40.4 Å². The Hall–Kier alpha value is -3.94. The second kappa shape index (κ2) is 12.3. The molecule has 2 aromatic heterocycles. The molecule has 43 heavy (non-hydrogen) atoms. The number of nitriles is 1. The van der Waals surface area contributed by atoms with E-state index in [4.69, 9.17) is 34.8 Å². The largest absolute Gasteiger partial charge is 0.371 e. The molecule has 0 spiro atoms. The van der Waals surface area contributed by atoms with Crippen molar-refractivity contribution < 1.29 is 4.39 Å². The number of pyridine rings is 1. The highest BCUT2D eigenvalue weighted by Crippen LogP contribution is 2.38. The van der Waals surface area contributed by atoms with Crippen LogP contribution in [0.2, 0.25) is 15.1 Å². The number of nitrogens with one attached hydrogen (secondary N) is 2. The first-order valence-electron chi connectivity index (χ1n) is 13.7. The number of nitrogens with zero attached hydrogens (tertiary/aromatic N) is 6. The average Bonchev–Trinajstić information content (AvgIpc) is 3.69. The minimum atomic E-state index is -0.539. The van der Waals surface area contributed by atoms with Crippen LogP contribution in [-0.4, -0.2) is 44.5 Å². The summed E-state index contributed by atoms with van der Waals surface area (Å²) in [4.78, 5) is 7.02. The highest BCUT2D eigenvalue weighted by Gasteiger charge is 2.26. The van der Waals surface area contributed by atoms with Crippen molar-refractivity contribution in [2.75, 3.05) is 30.3 Å². The number of benzene rings is 3. The fourth-order valence-electron chi connectivity index (χ4n) is 5.37. The third-order valence-electron chi connectivity index (χ3n) is 7.64. The van der Waals surface area contributed by atoms with Gasteiger partial charge in [0.05, 0.1) is 45.8 Å². The lowest BCUT2D eigenvalue weighted by Gasteiger charge is -2.21. The molecule has 0 bridgehead atoms. The first kappa shape index (κ1) is 29.1. The van der Waals surface area contributed by atoms with E-state index in [1.165, 1.54) is 18.3 Å². The van der Waals surface area contributed by atoms with Gasteiger partial charge in [-0.3, -0.25) is 4.98 Å². The van der Waals surface area contributed by atoms with Gasteiger partial charge in [0.25, 0.3) is 0 Å². The Labute approximate surface area is 263 Å². The summed E-state index contributed by atoms with van der Waals surface area (Å²) < 4.78 is 15.8. The monoisotopic (exact) mass is 634 g/mol. The Morgan fingerprint density at radius 2 is 1.91 bits per heavy atom. The van der Waals surface area contributed by atoms with Crippen molar-refractivity contribution in [3.05, 3.63) is 105 Å². The second-order valence-electron chi connectivity index (χ2n) is 10.4. The molecular weight excluding hydrogens is 610 g/mol. The molecule has 1 fully saturated rings. The molecule has 5 aromatic rings. The number of rotatable bonds is 8. The highest BCUT2D eigenvalue weighted by molar-refractivity contribution is 6.32. The van der Waals surface area contributed by atoms with Gasteiger partial charge in [-0.05, 0) is 61.0 Å². The fraction of sp³-hybridized carbons (Fsp3) is 0.226. The van der Waals surface area contributed by atoms with E-state index in [1.54, 1.807) is 18.2 Å². The second-order valence-corrected chi connectivity index (χ2v) is 11.6. The van der Waals surface area contributed by atoms with Crippen molar-refractivity contribution >= 4 is 62.8 Å². The van der Waals surface area contributed by atoms with Crippen molar-refractivity contribution in [1.82, 2.24) is 24.9 Å². The Kier molecular flexibility index (Phi) is 8.37. The Morgan fingerprint density at radius 3 is 2.63 bits per heavy atom. The van der Waals surface area contributed by atoms with Gasteiger partial charge >= 0.3 is 0 Å². The Balaban J connectivity index is 1.42. The van der Waals surface area contributed by atoms with Crippen LogP contribution in [0.15, 0.2) is 67.0 Å². The summed E-state index contributed by atoms with van der Waals surface area (Å²) in [5.74, 6) is -0.539. The maximum absolute atomic E-state index is 13.8. The number of fused-ring (bicyclic) bond motifs is 1. The molecule has 1 unspecified atom stereocenters. The van der Waals surface area contributed by atoms with Gasteiger partial charge in [-0.1, -0.05) is 59.1 Å². The lowest BCUT2D eigenvalue weighted by atomic mass is 10.0. The standard InChI is InChI=1S/C31H26Cl3FN8/c1-2-42-10-9-23(16-42)43-17-28(40-41-43)30(18-3-5-20(32)6-4-18)39-27-12-21(33)11-24-29(19(14-36)15-37-31(24)27)38-22-7-8-26(35)25(34)13-22/h3-8,11-13,15,17,23,30,39H,2,9-10,16H2,1H3,(H,37,38)/t23-,30?/m1/s1. The van der Waals surface area contributed by atoms with Gasteiger partial charge < -0.3 is 15.5 Å². The molecule has 8 nitrogen and oxygen atoms in total. The summed E-state index contributed by atoms with van der Waals surface area (Å²) in [7, 11) is 0. The first-order valence-corrected chi connectivity index (χ1v) is 14.9. The maximum atomic E-state index is 13.8. The molecule has 1 aliphatic rings. The summed E-state index contributed by atoms with van der Waals surface area (Å²) in [5, 5.41) is 27.4. The molecule has 3 heterocycles. The molecule has 0 saturated carbocycles. The van der Waals surface area contributed by atoms with Crippen LogP contribution in [0, 0.1) is 17.1 Å². The van der Waals surface area contributed by atoms with Crippen molar-refractivity contribution in [2.45, 2.75) is 25.4 Å². The van der Waals surface area contributed by atoms with Crippen LogP contribution in [-0.2, 0) is 0 Å². The summed E-state index contributed by atoms with van der Waals surface area (Å²) >= 11 is 18.9. The molecule has 218 valence electrons. The minimum Gasteiger partial charge on any atom is -0.371 e. The normalized spacial score (nSPS) is 15.9. The van der Waals surface area contributed by atoms with Crippen LogP contribution in [0.4, 0.5) is 21.5 Å². The van der Waals surface area contributed by atoms with Gasteiger partial charge in [-0.2, -0.15) is 5.26 Å². The quantitative estimate of drug-likeness (QED) is 0.178. The molecular formula is C31H26Cl3FN8. The van der Waals surface area contributed by atoms with E-state index >= 15 is 0 Å². The van der Waals surface area contributed by atoms with Crippen molar-refractivity contribution in [3.8, 4) is 6.07 Å². The number of halogens is 4. The molecule has 12 heteroatoms. The molecule has 1 saturated heterocycles. The molecule has 2 atom stereocenters. The lowest BCUT2D eigenvalue weighted by Crippen LogP contribution is -2.21. The smallest absolute Gasteiger partial charge is 0.141 e. The zero-order valence-corrected chi connectivity index (χ0v) is 25.3. The van der Waals surface area contributed by atoms with Crippen LogP contribution in [0.3, 0.4) is 0 Å². The molecule has 6 rings (SSSR count). The number of likely N-dealkylation sites (tertiary alicyclic amines) is 1. The van der Waals surface area contributed by atoms with Crippen LogP contribution in [0.25, 0.3) is 10.9 Å². The molecule has 1 aliphatic heterocycles. The van der Waals surface area contributed by atoms with E-state index in [2.05, 4.69) is 43.8 Å². The lowest BCUT2D eigenvalue weighted by molar-refractivity contribution is 0.334. The number of aromatic nitrogens is 4. The number of anilines is 3. The maximum Gasteiger partial charge on any atom is 0.141 e. The van der Waals surface area contributed by atoms with Gasteiger partial charge in [-0.25, -0.2) is 9.07 Å². The zero-order chi connectivity index (χ0) is 30.1. The third-order valence-corrected chi connectivity index (χ3v) is 8.40. The topological polar surface area (TPSA) is 94.7 Å². The number of hydrogen-bond acceptors (Lipinski definition) is 7. The van der Waals surface area contributed by atoms with Crippen LogP contribution in [0.1, 0.15) is 42.2 Å². The number of hydrogen-bond donors (Lipinski definition) is 2. The average molecular weight is 636 g/mol. The molecule has 2 N–H and O–H groups in total. The predicted octanol–water partition coefficient (Wildman–Crippen LogP) is 8.01. The van der Waals surface area contributed by atoms with Crippen LogP contribution < -0.4 is 10.6 Å². The van der Waals surface area contributed by atoms with Gasteiger partial charge in [0.15, 0.2) is 0 Å². The summed E-state index contributed by atoms with van der Waals surface area (Å²) in [6.45, 7) is 5.12. The summed E-state index contributed by atoms with van der Waals surface area (Å²) in [5.41, 5.74) is 4.10. The molecule has 3 aromatic carbocycles. The van der Waals surface area contributed by atoms with Gasteiger partial charge in [0.2, 0.25) is 0 Å². The van der Waals surface area contributed by atoms with Gasteiger partial charge in [-0.15, -0.1) is 5.10 Å². The Bertz CT molecular complexity index is 1840.